The van der Waals surface area contributed by atoms with Gasteiger partial charge in [-0.05, 0) is 37.4 Å². The van der Waals surface area contributed by atoms with Crippen molar-refractivity contribution in [2.75, 3.05) is 24.5 Å². The number of benzene rings is 1. The van der Waals surface area contributed by atoms with Crippen LogP contribution in [0, 0.1) is 11.7 Å². The molecule has 0 spiro atoms. The second-order valence-electron chi connectivity index (χ2n) is 5.21. The summed E-state index contributed by atoms with van der Waals surface area (Å²) in [5.74, 6) is 0.612. The molecule has 2 nitrogen and oxygen atoms in total. The summed E-state index contributed by atoms with van der Waals surface area (Å²) in [7, 11) is 0. The maximum absolute atomic E-state index is 14.0. The predicted octanol–water partition coefficient (Wildman–Crippen LogP) is 3.17. The Balaban J connectivity index is 2.22. The summed E-state index contributed by atoms with van der Waals surface area (Å²) >= 11 is 0. The molecular formula is C15H23FN2. The molecular weight excluding hydrogens is 227 g/mol. The van der Waals surface area contributed by atoms with Crippen LogP contribution in [0.4, 0.5) is 10.1 Å². The molecule has 1 unspecified atom stereocenters. The number of anilines is 1. The first-order valence-corrected chi connectivity index (χ1v) is 6.95. The van der Waals surface area contributed by atoms with Gasteiger partial charge in [0.05, 0.1) is 0 Å². The van der Waals surface area contributed by atoms with Crippen molar-refractivity contribution in [3.63, 3.8) is 0 Å². The van der Waals surface area contributed by atoms with Crippen LogP contribution in [0.25, 0.3) is 0 Å². The molecule has 1 atom stereocenters. The van der Waals surface area contributed by atoms with Gasteiger partial charge in [-0.3, -0.25) is 0 Å². The van der Waals surface area contributed by atoms with Crippen LogP contribution in [0.2, 0.25) is 0 Å². The van der Waals surface area contributed by atoms with E-state index in [-0.39, 0.29) is 5.82 Å². The number of hydrogen-bond acceptors (Lipinski definition) is 2. The molecule has 1 aliphatic heterocycles. The minimum atomic E-state index is -0.0910. The molecule has 0 radical (unpaired) electrons. The molecule has 0 bridgehead atoms. The highest BCUT2D eigenvalue weighted by molar-refractivity contribution is 5.54. The van der Waals surface area contributed by atoms with Crippen LogP contribution in [0.15, 0.2) is 18.2 Å². The molecule has 1 aromatic rings. The van der Waals surface area contributed by atoms with Gasteiger partial charge >= 0.3 is 0 Å². The van der Waals surface area contributed by atoms with Gasteiger partial charge in [-0.1, -0.05) is 19.9 Å². The van der Waals surface area contributed by atoms with E-state index in [1.807, 2.05) is 19.1 Å². The van der Waals surface area contributed by atoms with Crippen molar-refractivity contribution in [2.24, 2.45) is 5.92 Å². The smallest absolute Gasteiger partial charge is 0.129 e. The Labute approximate surface area is 109 Å². The van der Waals surface area contributed by atoms with Gasteiger partial charge in [0.2, 0.25) is 0 Å². The summed E-state index contributed by atoms with van der Waals surface area (Å²) in [5, 5.41) is 3.23. The maximum atomic E-state index is 14.0. The number of nitrogens with one attached hydrogen (secondary N) is 1. The Bertz CT molecular complexity index is 392. The largest absolute Gasteiger partial charge is 0.371 e. The van der Waals surface area contributed by atoms with E-state index in [0.717, 1.165) is 30.9 Å². The van der Waals surface area contributed by atoms with E-state index in [1.54, 1.807) is 6.07 Å². The van der Waals surface area contributed by atoms with E-state index >= 15 is 0 Å². The van der Waals surface area contributed by atoms with Crippen molar-refractivity contribution in [2.45, 2.75) is 33.2 Å². The third-order valence-electron chi connectivity index (χ3n) is 3.64. The van der Waals surface area contributed by atoms with Crippen molar-refractivity contribution in [3.8, 4) is 0 Å². The Hall–Kier alpha value is -1.09. The van der Waals surface area contributed by atoms with Gasteiger partial charge in [0.1, 0.15) is 5.82 Å². The van der Waals surface area contributed by atoms with Crippen molar-refractivity contribution in [1.29, 1.82) is 0 Å². The van der Waals surface area contributed by atoms with E-state index in [9.17, 15) is 4.39 Å². The summed E-state index contributed by atoms with van der Waals surface area (Å²) < 4.78 is 14.0. The molecule has 0 saturated carbocycles. The highest BCUT2D eigenvalue weighted by atomic mass is 19.1. The predicted molar refractivity (Wildman–Crippen MR) is 74.4 cm³/mol. The highest BCUT2D eigenvalue weighted by Gasteiger charge is 2.20. The molecule has 1 saturated heterocycles. The molecule has 1 fully saturated rings. The van der Waals surface area contributed by atoms with Crippen molar-refractivity contribution < 1.29 is 4.39 Å². The Morgan fingerprint density at radius 1 is 1.44 bits per heavy atom. The molecule has 0 aromatic heterocycles. The quantitative estimate of drug-likeness (QED) is 0.883. The lowest BCUT2D eigenvalue weighted by Gasteiger charge is -2.34. The van der Waals surface area contributed by atoms with Crippen molar-refractivity contribution >= 4 is 5.69 Å². The molecule has 1 aromatic carbocycles. The standard InChI is InChI=1S/C15H23FN2/c1-3-17-10-13-14(16)7-4-8-15(13)18-9-5-6-12(2)11-18/h4,7-8,12,17H,3,5-6,9-11H2,1-2H3. The zero-order valence-electron chi connectivity index (χ0n) is 11.4. The molecule has 3 heteroatoms. The number of nitrogens with zero attached hydrogens (tertiary/aromatic N) is 1. The van der Waals surface area contributed by atoms with Crippen LogP contribution in [-0.4, -0.2) is 19.6 Å². The fraction of sp³-hybridized carbons (Fsp3) is 0.600. The average molecular weight is 250 g/mol. The molecule has 0 amide bonds. The Kier molecular flexibility index (Phi) is 4.59. The number of halogens is 1. The lowest BCUT2D eigenvalue weighted by Crippen LogP contribution is -2.35. The molecule has 2 rings (SSSR count). The fourth-order valence-corrected chi connectivity index (χ4v) is 2.68. The first-order chi connectivity index (χ1) is 8.72. The summed E-state index contributed by atoms with van der Waals surface area (Å²) in [6.07, 6.45) is 2.49. The number of rotatable bonds is 4. The van der Waals surface area contributed by atoms with Crippen LogP contribution in [0.5, 0.6) is 0 Å². The summed E-state index contributed by atoms with van der Waals surface area (Å²) in [6.45, 7) is 7.89. The Morgan fingerprint density at radius 3 is 3.00 bits per heavy atom. The van der Waals surface area contributed by atoms with Gasteiger partial charge in [0.15, 0.2) is 0 Å². The number of piperidine rings is 1. The molecule has 1 heterocycles. The minimum Gasteiger partial charge on any atom is -0.371 e. The maximum Gasteiger partial charge on any atom is 0.129 e. The van der Waals surface area contributed by atoms with E-state index in [2.05, 4.69) is 17.1 Å². The fourth-order valence-electron chi connectivity index (χ4n) is 2.68. The third kappa shape index (κ3) is 3.02. The summed E-state index contributed by atoms with van der Waals surface area (Å²) in [5.41, 5.74) is 1.89. The topological polar surface area (TPSA) is 15.3 Å². The summed E-state index contributed by atoms with van der Waals surface area (Å²) in [4.78, 5) is 2.34. The molecule has 18 heavy (non-hydrogen) atoms. The minimum absolute atomic E-state index is 0.0910. The zero-order chi connectivity index (χ0) is 13.0. The van der Waals surface area contributed by atoms with E-state index in [0.29, 0.717) is 12.5 Å². The number of hydrogen-bond donors (Lipinski definition) is 1. The van der Waals surface area contributed by atoms with Gasteiger partial charge < -0.3 is 10.2 Å². The van der Waals surface area contributed by atoms with Crippen LogP contribution < -0.4 is 10.2 Å². The van der Waals surface area contributed by atoms with E-state index in [1.165, 1.54) is 12.8 Å². The molecule has 1 aliphatic rings. The summed E-state index contributed by atoms with van der Waals surface area (Å²) in [6, 6.07) is 5.43. The second-order valence-corrected chi connectivity index (χ2v) is 5.21. The zero-order valence-corrected chi connectivity index (χ0v) is 11.4. The van der Waals surface area contributed by atoms with Crippen molar-refractivity contribution in [3.05, 3.63) is 29.6 Å². The SMILES string of the molecule is CCNCc1c(F)cccc1N1CCCC(C)C1. The van der Waals surface area contributed by atoms with E-state index in [4.69, 9.17) is 0 Å². The van der Waals surface area contributed by atoms with Gasteiger partial charge in [-0.2, -0.15) is 0 Å². The van der Waals surface area contributed by atoms with Crippen molar-refractivity contribution in [1.82, 2.24) is 5.32 Å². The lowest BCUT2D eigenvalue weighted by atomic mass is 9.98. The van der Waals surface area contributed by atoms with Crippen LogP contribution in [0.3, 0.4) is 0 Å². The lowest BCUT2D eigenvalue weighted by molar-refractivity contribution is 0.445. The monoisotopic (exact) mass is 250 g/mol. The van der Waals surface area contributed by atoms with Gasteiger partial charge in [-0.15, -0.1) is 0 Å². The first-order valence-electron chi connectivity index (χ1n) is 6.95. The highest BCUT2D eigenvalue weighted by Crippen LogP contribution is 2.27. The van der Waals surface area contributed by atoms with Crippen LogP contribution in [-0.2, 0) is 6.54 Å². The normalized spacial score (nSPS) is 20.2. The third-order valence-corrected chi connectivity index (χ3v) is 3.64. The molecule has 0 aliphatic carbocycles. The Morgan fingerprint density at radius 2 is 2.28 bits per heavy atom. The van der Waals surface area contributed by atoms with Crippen LogP contribution >= 0.6 is 0 Å². The average Bonchev–Trinajstić information content (AvgIpc) is 2.37. The van der Waals surface area contributed by atoms with Gasteiger partial charge in [0.25, 0.3) is 0 Å². The molecule has 100 valence electrons. The second kappa shape index (κ2) is 6.19. The van der Waals surface area contributed by atoms with Crippen LogP contribution in [0.1, 0.15) is 32.3 Å². The molecule has 1 N–H and O–H groups in total. The van der Waals surface area contributed by atoms with Gasteiger partial charge in [-0.25, -0.2) is 4.39 Å². The van der Waals surface area contributed by atoms with Gasteiger partial charge in [0, 0.05) is 30.9 Å². The first kappa shape index (κ1) is 13.3. The van der Waals surface area contributed by atoms with E-state index < -0.39 is 0 Å².